The number of benzene rings is 3. The summed E-state index contributed by atoms with van der Waals surface area (Å²) in [6.45, 7) is 0. The monoisotopic (exact) mass is 601 g/mol. The molecule has 3 rings (SSSR count). The van der Waals surface area contributed by atoms with Gasteiger partial charge in [-0.2, -0.15) is 0 Å². The minimum Gasteiger partial charge on any atom is -0.356 e. The van der Waals surface area contributed by atoms with Gasteiger partial charge in [0.25, 0.3) is 0 Å². The van der Waals surface area contributed by atoms with Crippen LogP contribution in [0.15, 0.2) is 97.1 Å². The molecule has 0 aromatic heterocycles. The van der Waals surface area contributed by atoms with Crippen LogP contribution in [-0.2, 0) is 15.9 Å². The Kier molecular flexibility index (Phi) is 12.5. The van der Waals surface area contributed by atoms with Gasteiger partial charge in [0, 0.05) is 14.2 Å². The lowest BCUT2D eigenvalue weighted by Gasteiger charge is -2.20. The van der Waals surface area contributed by atoms with Crippen LogP contribution in [-0.4, -0.2) is 20.5 Å². The van der Waals surface area contributed by atoms with Gasteiger partial charge in [0.2, 0.25) is 0 Å². The summed E-state index contributed by atoms with van der Waals surface area (Å²) in [5.74, 6) is 0. The third-order valence-electron chi connectivity index (χ3n) is 6.36. The molecule has 3 aromatic rings. The quantitative estimate of drug-likeness (QED) is 0.0583. The molecular weight excluding hydrogens is 562 g/mol. The molecule has 186 valence electrons. The van der Waals surface area contributed by atoms with Crippen molar-refractivity contribution in [1.82, 2.24) is 0 Å². The van der Waals surface area contributed by atoms with E-state index in [-0.39, 0.29) is 6.29 Å². The van der Waals surface area contributed by atoms with Gasteiger partial charge in [-0.3, -0.25) is 0 Å². The van der Waals surface area contributed by atoms with Crippen molar-refractivity contribution in [1.29, 1.82) is 0 Å². The molecule has 0 aliphatic carbocycles. The third-order valence-corrected chi connectivity index (χ3v) is 14.4. The van der Waals surface area contributed by atoms with Crippen molar-refractivity contribution >= 4 is 42.9 Å². The van der Waals surface area contributed by atoms with E-state index in [1.54, 1.807) is 14.2 Å². The molecule has 0 unspecified atom stereocenters. The summed E-state index contributed by atoms with van der Waals surface area (Å²) in [6, 6.07) is 31.4. The Morgan fingerprint density at radius 3 is 1.71 bits per heavy atom. The van der Waals surface area contributed by atoms with Gasteiger partial charge in [0.05, 0.1) is 0 Å². The average Bonchev–Trinajstić information content (AvgIpc) is 2.92. The molecule has 0 radical (unpaired) electrons. The van der Waals surface area contributed by atoms with E-state index in [1.807, 2.05) is 0 Å². The number of halogens is 1. The number of allylic oxidation sites excluding steroid dienone is 2. The fraction of sp³-hybridized carbons (Fsp3) is 0.355. The minimum atomic E-state index is -1.66. The predicted octanol–water partition coefficient (Wildman–Crippen LogP) is 7.78. The summed E-state index contributed by atoms with van der Waals surface area (Å²) in [6.07, 6.45) is 13.9. The zero-order valence-corrected chi connectivity index (χ0v) is 24.2. The van der Waals surface area contributed by atoms with Crippen molar-refractivity contribution in [2.75, 3.05) is 14.2 Å². The summed E-state index contributed by atoms with van der Waals surface area (Å²) in [7, 11) is 3.41. The third kappa shape index (κ3) is 8.53. The number of hydrogen-bond acceptors (Lipinski definition) is 2. The van der Waals surface area contributed by atoms with Crippen molar-refractivity contribution in [2.45, 2.75) is 57.7 Å². The maximum Gasteiger partial charge on any atom is 0.173 e. The first-order chi connectivity index (χ1) is 17.2. The summed E-state index contributed by atoms with van der Waals surface area (Å²) in [4.78, 5) is -1.66. The van der Waals surface area contributed by atoms with Crippen LogP contribution in [0, 0.1) is 0 Å². The van der Waals surface area contributed by atoms with Crippen molar-refractivity contribution in [3.63, 3.8) is 0 Å². The molecule has 0 N–H and O–H groups in total. The highest BCUT2D eigenvalue weighted by molar-refractivity contribution is 14.2. The second kappa shape index (κ2) is 15.6. The Morgan fingerprint density at radius 1 is 0.657 bits per heavy atom. The number of hydrogen-bond donors (Lipinski definition) is 0. The molecule has 0 heterocycles. The maximum atomic E-state index is 5.24. The topological polar surface area (TPSA) is 18.5 Å². The number of aryl methyl sites for hydroxylation is 1. The second-order valence-electron chi connectivity index (χ2n) is 8.83. The fourth-order valence-electron chi connectivity index (χ4n) is 4.32. The molecule has 4 heteroatoms. The van der Waals surface area contributed by atoms with Gasteiger partial charge in [0.15, 0.2) is 33.2 Å². The minimum absolute atomic E-state index is 0.0496. The van der Waals surface area contributed by atoms with Crippen molar-refractivity contribution in [3.8, 4) is 0 Å². The molecule has 0 saturated heterocycles. The average molecular weight is 602 g/mol. The molecular formula is C31H39IO2P+. The Balaban J connectivity index is 1.48. The Labute approximate surface area is 226 Å². The molecule has 0 aliphatic rings. The number of ether oxygens (including phenoxy) is 2. The van der Waals surface area contributed by atoms with Crippen LogP contribution in [0.4, 0.5) is 0 Å². The number of unbranched alkanes of at least 4 members (excludes halogenated alkanes) is 4. The molecule has 0 aliphatic heterocycles. The Bertz CT molecular complexity index is 946. The van der Waals surface area contributed by atoms with E-state index in [0.717, 1.165) is 25.7 Å². The van der Waals surface area contributed by atoms with Crippen molar-refractivity contribution < 1.29 is 9.47 Å². The molecule has 0 bridgehead atoms. The first-order valence-electron chi connectivity index (χ1n) is 12.7. The molecule has 0 saturated carbocycles. The number of rotatable bonds is 15. The van der Waals surface area contributed by atoms with Crippen LogP contribution in [0.3, 0.4) is 0 Å². The molecule has 3 aromatic carbocycles. The summed E-state index contributed by atoms with van der Waals surface area (Å²) in [5.41, 5.74) is 1.43. The molecule has 0 fully saturated rings. The van der Waals surface area contributed by atoms with Crippen molar-refractivity contribution in [2.24, 2.45) is 0 Å². The second-order valence-corrected chi connectivity index (χ2v) is 15.9. The van der Waals surface area contributed by atoms with Gasteiger partial charge >= 0.3 is 0 Å². The van der Waals surface area contributed by atoms with Gasteiger partial charge in [-0.1, -0.05) is 67.1 Å². The first kappa shape index (κ1) is 28.1. The van der Waals surface area contributed by atoms with E-state index in [2.05, 4.69) is 119 Å². The molecule has 0 amide bonds. The molecule has 0 atom stereocenters. The van der Waals surface area contributed by atoms with Crippen LogP contribution in [0.25, 0.3) is 0 Å². The Morgan fingerprint density at radius 2 is 1.17 bits per heavy atom. The lowest BCUT2D eigenvalue weighted by Crippen LogP contribution is -2.26. The molecule has 35 heavy (non-hydrogen) atoms. The summed E-state index contributed by atoms with van der Waals surface area (Å²) >= 11 is 2.74. The highest BCUT2D eigenvalue weighted by Crippen LogP contribution is 2.63. The highest BCUT2D eigenvalue weighted by atomic mass is 127. The maximum absolute atomic E-state index is 5.24. The van der Waals surface area contributed by atoms with Crippen LogP contribution < -0.4 is 15.9 Å². The van der Waals surface area contributed by atoms with E-state index >= 15 is 0 Å². The molecule has 0 spiro atoms. The molecule has 2 nitrogen and oxygen atoms in total. The van der Waals surface area contributed by atoms with Crippen LogP contribution in [0.5, 0.6) is 0 Å². The van der Waals surface area contributed by atoms with Crippen LogP contribution in [0.2, 0.25) is 0 Å². The standard InChI is InChI=1S/C31H39IO2P/c1-33-31(34-2)22-16-8-6-4-3-5-7-11-17-27-23-25-30(26-24-27)35(32,28-18-12-9-13-19-28)29-20-14-10-15-21-29/h3,5,9-10,12-15,18-21,23-26,31H,4,6-8,11,16-17,22H2,1-2H3/q+1/b5-3-. The van der Waals surface area contributed by atoms with Crippen LogP contribution >= 0.6 is 26.9 Å². The predicted molar refractivity (Wildman–Crippen MR) is 162 cm³/mol. The normalized spacial score (nSPS) is 12.0. The zero-order chi connectivity index (χ0) is 24.8. The van der Waals surface area contributed by atoms with E-state index in [1.165, 1.54) is 47.2 Å². The van der Waals surface area contributed by atoms with Gasteiger partial charge in [-0.15, -0.1) is 0 Å². The van der Waals surface area contributed by atoms with E-state index < -0.39 is 4.90 Å². The van der Waals surface area contributed by atoms with Gasteiger partial charge < -0.3 is 9.47 Å². The largest absolute Gasteiger partial charge is 0.356 e. The first-order valence-corrected chi connectivity index (χ1v) is 17.3. The van der Waals surface area contributed by atoms with Gasteiger partial charge in [-0.05, 0) is 86.9 Å². The van der Waals surface area contributed by atoms with Crippen molar-refractivity contribution in [3.05, 3.63) is 103 Å². The SMILES string of the molecule is COC(CCCCC/C=C\CCCc1ccc([P+](I)(c2ccccc2)c2ccccc2)cc1)OC. The summed E-state index contributed by atoms with van der Waals surface area (Å²) in [5, 5.41) is 4.27. The van der Waals surface area contributed by atoms with E-state index in [0.29, 0.717) is 0 Å². The van der Waals surface area contributed by atoms with Gasteiger partial charge in [0.1, 0.15) is 15.9 Å². The smallest absolute Gasteiger partial charge is 0.173 e. The lowest BCUT2D eigenvalue weighted by molar-refractivity contribution is -0.107. The van der Waals surface area contributed by atoms with E-state index in [4.69, 9.17) is 9.47 Å². The van der Waals surface area contributed by atoms with E-state index in [9.17, 15) is 0 Å². The fourth-order valence-corrected chi connectivity index (χ4v) is 9.84. The summed E-state index contributed by atoms with van der Waals surface area (Å²) < 4.78 is 10.5. The van der Waals surface area contributed by atoms with Crippen LogP contribution in [0.1, 0.15) is 50.5 Å². The lowest BCUT2D eigenvalue weighted by atomic mass is 10.1. The number of methoxy groups -OCH3 is 2. The van der Waals surface area contributed by atoms with Gasteiger partial charge in [-0.25, -0.2) is 0 Å². The zero-order valence-electron chi connectivity index (χ0n) is 21.1. The Hall–Kier alpha value is -1.52. The highest BCUT2D eigenvalue weighted by Gasteiger charge is 2.43.